The average Bonchev–Trinajstić information content (AvgIpc) is 2.69. The van der Waals surface area contributed by atoms with E-state index in [4.69, 9.17) is 4.74 Å². The van der Waals surface area contributed by atoms with Gasteiger partial charge in [0.05, 0.1) is 12.1 Å². The molecule has 0 aromatic carbocycles. The Morgan fingerprint density at radius 1 is 1.41 bits per heavy atom. The lowest BCUT2D eigenvalue weighted by Gasteiger charge is -2.42. The maximum atomic E-state index is 12.2. The van der Waals surface area contributed by atoms with E-state index in [-0.39, 0.29) is 30.0 Å². The molecule has 0 spiro atoms. The van der Waals surface area contributed by atoms with Crippen LogP contribution in [0.15, 0.2) is 0 Å². The van der Waals surface area contributed by atoms with Crippen LogP contribution in [-0.4, -0.2) is 47.6 Å². The molecule has 0 saturated carbocycles. The van der Waals surface area contributed by atoms with Crippen LogP contribution in [0.4, 0.5) is 0 Å². The molecule has 96 valence electrons. The van der Waals surface area contributed by atoms with Gasteiger partial charge in [0.2, 0.25) is 11.8 Å². The molecule has 0 radical (unpaired) electrons. The molecule has 1 N–H and O–H groups in total. The average molecular weight is 240 g/mol. The summed E-state index contributed by atoms with van der Waals surface area (Å²) >= 11 is 0. The number of carbonyl (C=O) groups is 2. The highest BCUT2D eigenvalue weighted by Gasteiger charge is 2.44. The van der Waals surface area contributed by atoms with Gasteiger partial charge in [-0.25, -0.2) is 0 Å². The summed E-state index contributed by atoms with van der Waals surface area (Å²) in [6, 6.07) is -0.716. The van der Waals surface area contributed by atoms with Crippen molar-refractivity contribution < 1.29 is 14.3 Å². The van der Waals surface area contributed by atoms with Gasteiger partial charge in [-0.3, -0.25) is 9.59 Å². The summed E-state index contributed by atoms with van der Waals surface area (Å²) < 4.78 is 5.50. The minimum absolute atomic E-state index is 0.0128. The van der Waals surface area contributed by atoms with Crippen molar-refractivity contribution in [2.75, 3.05) is 6.61 Å². The predicted molar refractivity (Wildman–Crippen MR) is 62.3 cm³/mol. The summed E-state index contributed by atoms with van der Waals surface area (Å²) in [6.45, 7) is 6.30. The lowest BCUT2D eigenvalue weighted by atomic mass is 9.99. The second-order valence-corrected chi connectivity index (χ2v) is 4.83. The van der Waals surface area contributed by atoms with Crippen LogP contribution < -0.4 is 5.32 Å². The van der Waals surface area contributed by atoms with Crippen molar-refractivity contribution in [3.05, 3.63) is 0 Å². The number of nitrogens with zero attached hydrogens (tertiary/aromatic N) is 1. The van der Waals surface area contributed by atoms with E-state index in [1.165, 1.54) is 0 Å². The monoisotopic (exact) mass is 240 g/mol. The lowest BCUT2D eigenvalue weighted by molar-refractivity contribution is -0.152. The fourth-order valence-corrected chi connectivity index (χ4v) is 2.74. The normalized spacial score (nSPS) is 38.4. The maximum Gasteiger partial charge on any atom is 0.245 e. The van der Waals surface area contributed by atoms with Gasteiger partial charge in [0.1, 0.15) is 12.1 Å². The van der Waals surface area contributed by atoms with Gasteiger partial charge in [0, 0.05) is 6.61 Å². The van der Waals surface area contributed by atoms with E-state index in [0.717, 1.165) is 6.42 Å². The number of piperazine rings is 1. The summed E-state index contributed by atoms with van der Waals surface area (Å²) in [5.41, 5.74) is 0. The Balaban J connectivity index is 2.25. The Kier molecular flexibility index (Phi) is 3.38. The first-order chi connectivity index (χ1) is 8.06. The molecule has 4 unspecified atom stereocenters. The number of hydrogen-bond acceptors (Lipinski definition) is 3. The Morgan fingerprint density at radius 2 is 2.12 bits per heavy atom. The Bertz CT molecular complexity index is 332. The van der Waals surface area contributed by atoms with Crippen LogP contribution >= 0.6 is 0 Å². The lowest BCUT2D eigenvalue weighted by Crippen LogP contribution is -2.65. The first kappa shape index (κ1) is 12.4. The quantitative estimate of drug-likeness (QED) is 0.754. The molecule has 2 aliphatic heterocycles. The summed E-state index contributed by atoms with van der Waals surface area (Å²) in [6.07, 6.45) is 1.49. The van der Waals surface area contributed by atoms with Crippen LogP contribution in [0.2, 0.25) is 0 Å². The summed E-state index contributed by atoms with van der Waals surface area (Å²) in [7, 11) is 0. The predicted octanol–water partition coefficient (Wildman–Crippen LogP) is 0.289. The molecule has 17 heavy (non-hydrogen) atoms. The van der Waals surface area contributed by atoms with Gasteiger partial charge in [-0.1, -0.05) is 6.92 Å². The highest BCUT2D eigenvalue weighted by atomic mass is 16.5. The van der Waals surface area contributed by atoms with Crippen molar-refractivity contribution in [2.45, 2.75) is 57.8 Å². The van der Waals surface area contributed by atoms with E-state index in [0.29, 0.717) is 13.0 Å². The molecule has 4 atom stereocenters. The number of amides is 2. The largest absolute Gasteiger partial charge is 0.376 e. The van der Waals surface area contributed by atoms with Crippen LogP contribution in [0.1, 0.15) is 33.6 Å². The van der Waals surface area contributed by atoms with Crippen molar-refractivity contribution in [2.24, 2.45) is 0 Å². The van der Waals surface area contributed by atoms with Gasteiger partial charge in [0.15, 0.2) is 0 Å². The molecule has 0 aromatic rings. The number of ether oxygens (including phenoxy) is 1. The maximum absolute atomic E-state index is 12.2. The van der Waals surface area contributed by atoms with E-state index in [1.807, 2.05) is 13.8 Å². The van der Waals surface area contributed by atoms with Crippen molar-refractivity contribution in [1.29, 1.82) is 0 Å². The molecule has 2 fully saturated rings. The Hall–Kier alpha value is -1.10. The number of hydrogen-bond donors (Lipinski definition) is 1. The Morgan fingerprint density at radius 3 is 2.65 bits per heavy atom. The Labute approximate surface area is 101 Å². The summed E-state index contributed by atoms with van der Waals surface area (Å²) in [5.74, 6) is -0.0301. The minimum atomic E-state index is -0.418. The molecular weight excluding hydrogens is 220 g/mol. The summed E-state index contributed by atoms with van der Waals surface area (Å²) in [5, 5.41) is 2.73. The van der Waals surface area contributed by atoms with Crippen LogP contribution in [0.5, 0.6) is 0 Å². The van der Waals surface area contributed by atoms with Gasteiger partial charge < -0.3 is 15.0 Å². The highest BCUT2D eigenvalue weighted by molar-refractivity contribution is 5.96. The van der Waals surface area contributed by atoms with Crippen molar-refractivity contribution in [1.82, 2.24) is 10.2 Å². The van der Waals surface area contributed by atoms with Gasteiger partial charge in [-0.15, -0.1) is 0 Å². The molecule has 5 nitrogen and oxygen atoms in total. The number of carbonyl (C=O) groups excluding carboxylic acids is 2. The van der Waals surface area contributed by atoms with Crippen LogP contribution in [0.3, 0.4) is 0 Å². The molecule has 2 amide bonds. The van der Waals surface area contributed by atoms with E-state index >= 15 is 0 Å². The van der Waals surface area contributed by atoms with Crippen molar-refractivity contribution in [3.8, 4) is 0 Å². The fourth-order valence-electron chi connectivity index (χ4n) is 2.74. The van der Waals surface area contributed by atoms with E-state index < -0.39 is 6.04 Å². The topological polar surface area (TPSA) is 58.6 Å². The van der Waals surface area contributed by atoms with Crippen molar-refractivity contribution >= 4 is 11.8 Å². The standard InChI is InChI=1S/C12H20N2O3/c1-4-9-11(15)13-7(2)12(16)14(9)10-5-6-17-8(10)3/h7-10H,4-6H2,1-3H3,(H,13,15). The van der Waals surface area contributed by atoms with Gasteiger partial charge in [-0.05, 0) is 26.7 Å². The zero-order valence-corrected chi connectivity index (χ0v) is 10.6. The fraction of sp³-hybridized carbons (Fsp3) is 0.833. The molecule has 5 heteroatoms. The first-order valence-corrected chi connectivity index (χ1v) is 6.30. The third kappa shape index (κ3) is 2.04. The SMILES string of the molecule is CCC1C(=O)NC(C)C(=O)N1C1CCOC1C. The molecular formula is C12H20N2O3. The molecule has 2 saturated heterocycles. The molecule has 0 aliphatic carbocycles. The second-order valence-electron chi connectivity index (χ2n) is 4.83. The zero-order valence-electron chi connectivity index (χ0n) is 10.6. The van der Waals surface area contributed by atoms with Crippen molar-refractivity contribution in [3.63, 3.8) is 0 Å². The second kappa shape index (κ2) is 4.64. The molecule has 2 heterocycles. The highest BCUT2D eigenvalue weighted by Crippen LogP contribution is 2.25. The van der Waals surface area contributed by atoms with Gasteiger partial charge >= 0.3 is 0 Å². The third-order valence-electron chi connectivity index (χ3n) is 3.70. The molecule has 0 bridgehead atoms. The van der Waals surface area contributed by atoms with E-state index in [1.54, 1.807) is 11.8 Å². The third-order valence-corrected chi connectivity index (χ3v) is 3.70. The number of rotatable bonds is 2. The van der Waals surface area contributed by atoms with E-state index in [2.05, 4.69) is 5.32 Å². The van der Waals surface area contributed by atoms with E-state index in [9.17, 15) is 9.59 Å². The van der Waals surface area contributed by atoms with Gasteiger partial charge in [-0.2, -0.15) is 0 Å². The minimum Gasteiger partial charge on any atom is -0.376 e. The van der Waals surface area contributed by atoms with Crippen LogP contribution in [0.25, 0.3) is 0 Å². The molecule has 0 aromatic heterocycles. The van der Waals surface area contributed by atoms with Crippen LogP contribution in [-0.2, 0) is 14.3 Å². The molecule has 2 aliphatic rings. The number of nitrogens with one attached hydrogen (secondary N) is 1. The zero-order chi connectivity index (χ0) is 12.6. The first-order valence-electron chi connectivity index (χ1n) is 6.30. The smallest absolute Gasteiger partial charge is 0.245 e. The molecule has 2 rings (SSSR count). The summed E-state index contributed by atoms with van der Waals surface area (Å²) in [4.78, 5) is 25.9. The van der Waals surface area contributed by atoms with Gasteiger partial charge in [0.25, 0.3) is 0 Å². The van der Waals surface area contributed by atoms with Crippen LogP contribution in [0, 0.1) is 0 Å².